The number of rotatable bonds is 9. The summed E-state index contributed by atoms with van der Waals surface area (Å²) in [6.45, 7) is 4.31. The molecule has 0 atom stereocenters. The average molecular weight is 529 g/mol. The van der Waals surface area contributed by atoms with Crippen LogP contribution in [-0.4, -0.2) is 45.8 Å². The topological polar surface area (TPSA) is 67.1 Å². The number of guanidine groups is 1. The lowest BCUT2D eigenvalue weighted by molar-refractivity contribution is 0.244. The van der Waals surface area contributed by atoms with Crippen LogP contribution >= 0.6 is 35.7 Å². The van der Waals surface area contributed by atoms with Gasteiger partial charge in [-0.1, -0.05) is 36.8 Å². The maximum Gasteiger partial charge on any atom is 0.191 e. The van der Waals surface area contributed by atoms with Gasteiger partial charge in [0.25, 0.3) is 0 Å². The molecule has 0 aliphatic heterocycles. The van der Waals surface area contributed by atoms with E-state index in [1.165, 1.54) is 24.8 Å². The smallest absolute Gasteiger partial charge is 0.191 e. The van der Waals surface area contributed by atoms with E-state index in [0.29, 0.717) is 6.54 Å². The second-order valence-corrected chi connectivity index (χ2v) is 8.50. The van der Waals surface area contributed by atoms with E-state index in [-0.39, 0.29) is 29.4 Å². The number of halogens is 1. The van der Waals surface area contributed by atoms with Crippen LogP contribution in [0.25, 0.3) is 0 Å². The van der Waals surface area contributed by atoms with E-state index >= 15 is 0 Å². The molecule has 0 spiro atoms. The summed E-state index contributed by atoms with van der Waals surface area (Å²) in [5, 5.41) is 15.5. The lowest BCUT2D eigenvalue weighted by Gasteiger charge is -2.43. The molecule has 0 amide bonds. The van der Waals surface area contributed by atoms with Crippen molar-refractivity contribution in [1.29, 1.82) is 0 Å². The number of aliphatic imine (C=N–C) groups is 1. The summed E-state index contributed by atoms with van der Waals surface area (Å²) in [4.78, 5) is 4.79. The highest BCUT2D eigenvalue weighted by atomic mass is 127. The zero-order valence-corrected chi connectivity index (χ0v) is 20.8. The van der Waals surface area contributed by atoms with Gasteiger partial charge in [-0.3, -0.25) is 0 Å². The van der Waals surface area contributed by atoms with Gasteiger partial charge in [0.05, 0.1) is 0 Å². The lowest BCUT2D eigenvalue weighted by Crippen LogP contribution is -2.49. The van der Waals surface area contributed by atoms with Gasteiger partial charge in [-0.2, -0.15) is 11.8 Å². The van der Waals surface area contributed by atoms with Crippen molar-refractivity contribution in [3.05, 3.63) is 47.5 Å². The number of nitrogens with zero attached hydrogens (tertiary/aromatic N) is 4. The summed E-state index contributed by atoms with van der Waals surface area (Å²) in [7, 11) is 1.98. The largest absolute Gasteiger partial charge is 0.356 e. The first-order chi connectivity index (χ1) is 13.6. The van der Waals surface area contributed by atoms with Crippen LogP contribution in [0.5, 0.6) is 0 Å². The third-order valence-electron chi connectivity index (χ3n) is 5.67. The first-order valence-corrected chi connectivity index (χ1v) is 11.5. The SMILES string of the molecule is CSCCCNC(=NCc1nnc(C)n1C)NCC1(c2ccccc2)CCC1.I. The molecular formula is C21H33IN6S. The molecule has 160 valence electrons. The predicted molar refractivity (Wildman–Crippen MR) is 133 cm³/mol. The van der Waals surface area contributed by atoms with Crippen LogP contribution < -0.4 is 10.6 Å². The highest BCUT2D eigenvalue weighted by Gasteiger charge is 2.38. The number of thioether (sulfide) groups is 1. The minimum Gasteiger partial charge on any atom is -0.356 e. The van der Waals surface area contributed by atoms with Gasteiger partial charge in [0, 0.05) is 25.6 Å². The molecular weight excluding hydrogens is 495 g/mol. The van der Waals surface area contributed by atoms with E-state index in [4.69, 9.17) is 4.99 Å². The molecule has 1 fully saturated rings. The van der Waals surface area contributed by atoms with E-state index in [9.17, 15) is 0 Å². The van der Waals surface area contributed by atoms with Gasteiger partial charge >= 0.3 is 0 Å². The third-order valence-corrected chi connectivity index (χ3v) is 6.37. The summed E-state index contributed by atoms with van der Waals surface area (Å²) in [5.74, 6) is 3.80. The van der Waals surface area contributed by atoms with Crippen LogP contribution in [0.4, 0.5) is 0 Å². The van der Waals surface area contributed by atoms with Crippen molar-refractivity contribution in [3.63, 3.8) is 0 Å². The normalized spacial score (nSPS) is 15.3. The van der Waals surface area contributed by atoms with Crippen molar-refractivity contribution >= 4 is 41.7 Å². The molecule has 1 saturated carbocycles. The molecule has 1 aromatic carbocycles. The Balaban J connectivity index is 0.00000300. The van der Waals surface area contributed by atoms with Gasteiger partial charge in [-0.05, 0) is 43.8 Å². The number of aromatic nitrogens is 3. The van der Waals surface area contributed by atoms with Gasteiger partial charge in [0.2, 0.25) is 0 Å². The molecule has 0 radical (unpaired) electrons. The van der Waals surface area contributed by atoms with Gasteiger partial charge in [-0.25, -0.2) is 4.99 Å². The highest BCUT2D eigenvalue weighted by Crippen LogP contribution is 2.43. The van der Waals surface area contributed by atoms with Crippen molar-refractivity contribution in [2.24, 2.45) is 12.0 Å². The van der Waals surface area contributed by atoms with E-state index in [2.05, 4.69) is 57.4 Å². The molecule has 2 aromatic rings. The Morgan fingerprint density at radius 3 is 2.55 bits per heavy atom. The standard InChI is InChI=1S/C21H32N6S.HI/c1-17-25-26-19(27(17)2)15-23-20(22-13-8-14-28-3)24-16-21(11-7-12-21)18-9-5-4-6-10-18;/h4-6,9-10H,7-8,11-16H2,1-3H3,(H2,22,23,24);1H. The van der Waals surface area contributed by atoms with Crippen molar-refractivity contribution in [2.75, 3.05) is 25.1 Å². The fourth-order valence-corrected chi connectivity index (χ4v) is 3.98. The zero-order chi connectivity index (χ0) is 19.8. The van der Waals surface area contributed by atoms with E-state index in [1.54, 1.807) is 0 Å². The third kappa shape index (κ3) is 6.34. The molecule has 29 heavy (non-hydrogen) atoms. The van der Waals surface area contributed by atoms with Crippen molar-refractivity contribution < 1.29 is 0 Å². The quantitative estimate of drug-likeness (QED) is 0.225. The molecule has 1 heterocycles. The molecule has 8 heteroatoms. The van der Waals surface area contributed by atoms with E-state index in [1.807, 2.05) is 30.3 Å². The second-order valence-electron chi connectivity index (χ2n) is 7.51. The Hall–Kier alpha value is -1.29. The number of benzene rings is 1. The monoisotopic (exact) mass is 528 g/mol. The van der Waals surface area contributed by atoms with Crippen LogP contribution in [0.15, 0.2) is 35.3 Å². The Morgan fingerprint density at radius 2 is 1.97 bits per heavy atom. The fraction of sp³-hybridized carbons (Fsp3) is 0.571. The van der Waals surface area contributed by atoms with Crippen LogP contribution in [-0.2, 0) is 19.0 Å². The molecule has 6 nitrogen and oxygen atoms in total. The van der Waals surface area contributed by atoms with Gasteiger partial charge in [0.1, 0.15) is 12.4 Å². The van der Waals surface area contributed by atoms with Crippen LogP contribution in [0.3, 0.4) is 0 Å². The second kappa shape index (κ2) is 11.8. The number of hydrogen-bond acceptors (Lipinski definition) is 4. The molecule has 0 bridgehead atoms. The highest BCUT2D eigenvalue weighted by molar-refractivity contribution is 14.0. The molecule has 2 N–H and O–H groups in total. The summed E-state index contributed by atoms with van der Waals surface area (Å²) < 4.78 is 1.99. The molecule has 1 aromatic heterocycles. The summed E-state index contributed by atoms with van der Waals surface area (Å²) in [6, 6.07) is 10.9. The molecule has 0 saturated heterocycles. The molecule has 1 aliphatic rings. The summed E-state index contributed by atoms with van der Waals surface area (Å²) >= 11 is 1.87. The fourth-order valence-electron chi connectivity index (χ4n) is 3.55. The van der Waals surface area contributed by atoms with Gasteiger partial charge < -0.3 is 15.2 Å². The maximum absolute atomic E-state index is 4.79. The Kier molecular flexibility index (Phi) is 9.74. The first-order valence-electron chi connectivity index (χ1n) is 10.1. The average Bonchev–Trinajstić information content (AvgIpc) is 3.00. The van der Waals surface area contributed by atoms with Crippen LogP contribution in [0, 0.1) is 6.92 Å². The van der Waals surface area contributed by atoms with E-state index < -0.39 is 0 Å². The Bertz CT molecular complexity index is 773. The van der Waals surface area contributed by atoms with Crippen molar-refractivity contribution in [3.8, 4) is 0 Å². The first kappa shape index (κ1) is 24.0. The minimum atomic E-state index is 0. The summed E-state index contributed by atoms with van der Waals surface area (Å²) in [5.41, 5.74) is 1.66. The van der Waals surface area contributed by atoms with Crippen molar-refractivity contribution in [1.82, 2.24) is 25.4 Å². The Morgan fingerprint density at radius 1 is 1.21 bits per heavy atom. The number of aryl methyl sites for hydroxylation is 1. The summed E-state index contributed by atoms with van der Waals surface area (Å²) in [6.07, 6.45) is 7.01. The van der Waals surface area contributed by atoms with Gasteiger partial charge in [0.15, 0.2) is 11.8 Å². The number of nitrogens with one attached hydrogen (secondary N) is 2. The minimum absolute atomic E-state index is 0. The van der Waals surface area contributed by atoms with Gasteiger partial charge in [-0.15, -0.1) is 34.2 Å². The molecule has 1 aliphatic carbocycles. The van der Waals surface area contributed by atoms with Crippen LogP contribution in [0.2, 0.25) is 0 Å². The Labute approximate surface area is 195 Å². The van der Waals surface area contributed by atoms with Crippen molar-refractivity contribution in [2.45, 2.75) is 44.6 Å². The molecule has 3 rings (SSSR count). The molecule has 0 unspecified atom stereocenters. The van der Waals surface area contributed by atoms with Crippen LogP contribution in [0.1, 0.15) is 42.9 Å². The number of hydrogen-bond donors (Lipinski definition) is 2. The zero-order valence-electron chi connectivity index (χ0n) is 17.6. The van der Waals surface area contributed by atoms with E-state index in [0.717, 1.165) is 42.9 Å². The predicted octanol–water partition coefficient (Wildman–Crippen LogP) is 3.65. The maximum atomic E-state index is 4.79. The lowest BCUT2D eigenvalue weighted by atomic mass is 9.64.